The number of thiophene rings is 1. The highest BCUT2D eigenvalue weighted by Crippen LogP contribution is 2.43. The lowest BCUT2D eigenvalue weighted by atomic mass is 9.75. The highest BCUT2D eigenvalue weighted by molar-refractivity contribution is 7.07. The van der Waals surface area contributed by atoms with Crippen molar-refractivity contribution in [3.05, 3.63) is 22.4 Å². The Kier molecular flexibility index (Phi) is 4.76. The molecule has 114 valence electrons. The van der Waals surface area contributed by atoms with Crippen molar-refractivity contribution in [1.29, 1.82) is 0 Å². The van der Waals surface area contributed by atoms with Gasteiger partial charge in [-0.15, -0.1) is 0 Å². The van der Waals surface area contributed by atoms with Crippen molar-refractivity contribution in [2.24, 2.45) is 11.7 Å². The summed E-state index contributed by atoms with van der Waals surface area (Å²) in [6.45, 7) is 1.16. The summed E-state index contributed by atoms with van der Waals surface area (Å²) in [5.74, 6) is -1.16. The minimum absolute atomic E-state index is 0.189. The van der Waals surface area contributed by atoms with Gasteiger partial charge in [-0.1, -0.05) is 0 Å². The van der Waals surface area contributed by atoms with Crippen LogP contribution >= 0.6 is 11.3 Å². The van der Waals surface area contributed by atoms with Crippen LogP contribution in [0.25, 0.3) is 0 Å². The molecule has 2 N–H and O–H groups in total. The fourth-order valence-corrected chi connectivity index (χ4v) is 3.71. The van der Waals surface area contributed by atoms with Crippen molar-refractivity contribution in [2.45, 2.75) is 43.9 Å². The topological polar surface area (TPSA) is 29.3 Å². The van der Waals surface area contributed by atoms with Gasteiger partial charge in [0.1, 0.15) is 0 Å². The summed E-state index contributed by atoms with van der Waals surface area (Å²) in [7, 11) is 1.97. The number of likely N-dealkylation sites (N-methyl/N-ethyl adjacent to an activating group) is 1. The molecule has 2 nitrogen and oxygen atoms in total. The van der Waals surface area contributed by atoms with Crippen LogP contribution in [0.2, 0.25) is 0 Å². The highest BCUT2D eigenvalue weighted by atomic mass is 32.1. The van der Waals surface area contributed by atoms with Crippen molar-refractivity contribution in [2.75, 3.05) is 13.6 Å². The molecule has 1 aliphatic rings. The summed E-state index contributed by atoms with van der Waals surface area (Å²) in [4.78, 5) is 2.14. The van der Waals surface area contributed by atoms with Crippen LogP contribution < -0.4 is 5.73 Å². The zero-order valence-corrected chi connectivity index (χ0v) is 12.4. The number of rotatable bonds is 4. The van der Waals surface area contributed by atoms with Crippen molar-refractivity contribution in [3.63, 3.8) is 0 Å². The minimum Gasteiger partial charge on any atom is -0.329 e. The van der Waals surface area contributed by atoms with E-state index in [4.69, 9.17) is 5.73 Å². The first-order chi connectivity index (χ1) is 9.37. The zero-order chi connectivity index (χ0) is 14.8. The van der Waals surface area contributed by atoms with E-state index < -0.39 is 12.1 Å². The Morgan fingerprint density at radius 3 is 2.50 bits per heavy atom. The third kappa shape index (κ3) is 3.35. The molecule has 6 heteroatoms. The van der Waals surface area contributed by atoms with Gasteiger partial charge in [-0.3, -0.25) is 4.90 Å². The molecule has 0 saturated heterocycles. The molecule has 0 amide bonds. The maximum atomic E-state index is 12.8. The van der Waals surface area contributed by atoms with Gasteiger partial charge in [-0.25, -0.2) is 0 Å². The minimum atomic E-state index is -4.06. The van der Waals surface area contributed by atoms with E-state index in [0.717, 1.165) is 6.54 Å². The van der Waals surface area contributed by atoms with Crippen LogP contribution in [0.1, 0.15) is 31.2 Å². The fraction of sp³-hybridized carbons (Fsp3) is 0.714. The maximum Gasteiger partial charge on any atom is 0.391 e. The Balaban J connectivity index is 2.01. The summed E-state index contributed by atoms with van der Waals surface area (Å²) in [5.41, 5.74) is 6.81. The monoisotopic (exact) mass is 306 g/mol. The molecule has 1 saturated carbocycles. The Bertz CT molecular complexity index is 409. The van der Waals surface area contributed by atoms with E-state index in [1.807, 2.05) is 18.5 Å². The lowest BCUT2D eigenvalue weighted by Crippen LogP contribution is -2.54. The van der Waals surface area contributed by atoms with Crippen molar-refractivity contribution in [1.82, 2.24) is 4.90 Å². The number of nitrogens with zero attached hydrogens (tertiary/aromatic N) is 1. The molecule has 1 aromatic rings. The predicted octanol–water partition coefficient (Wildman–Crippen LogP) is 3.63. The first-order valence-electron chi connectivity index (χ1n) is 6.86. The molecule has 1 fully saturated rings. The predicted molar refractivity (Wildman–Crippen MR) is 75.6 cm³/mol. The molecule has 0 atom stereocenters. The molecule has 2 rings (SSSR count). The largest absolute Gasteiger partial charge is 0.391 e. The lowest BCUT2D eigenvalue weighted by Gasteiger charge is -2.46. The van der Waals surface area contributed by atoms with Gasteiger partial charge < -0.3 is 5.73 Å². The summed E-state index contributed by atoms with van der Waals surface area (Å²) >= 11 is 1.63. The van der Waals surface area contributed by atoms with Crippen molar-refractivity contribution >= 4 is 11.3 Å². The van der Waals surface area contributed by atoms with Gasteiger partial charge in [-0.05, 0) is 55.1 Å². The number of alkyl halides is 3. The van der Waals surface area contributed by atoms with Crippen molar-refractivity contribution in [3.8, 4) is 0 Å². The molecule has 0 bridgehead atoms. The van der Waals surface area contributed by atoms with Gasteiger partial charge in [0, 0.05) is 18.6 Å². The summed E-state index contributed by atoms with van der Waals surface area (Å²) in [6.07, 6.45) is -2.64. The summed E-state index contributed by atoms with van der Waals surface area (Å²) in [5, 5.41) is 4.08. The van der Waals surface area contributed by atoms with Gasteiger partial charge in [0.2, 0.25) is 0 Å². The van der Waals surface area contributed by atoms with Gasteiger partial charge in [0.25, 0.3) is 0 Å². The molecule has 0 unspecified atom stereocenters. The SMILES string of the molecule is CN(Cc1ccsc1)C1(CN)CCC(C(F)(F)F)CC1. The van der Waals surface area contributed by atoms with E-state index in [1.165, 1.54) is 5.56 Å². The van der Waals surface area contributed by atoms with Crippen LogP contribution in [-0.4, -0.2) is 30.2 Å². The van der Waals surface area contributed by atoms with Crippen LogP contribution in [0, 0.1) is 5.92 Å². The molecule has 1 heterocycles. The molecule has 20 heavy (non-hydrogen) atoms. The molecule has 0 spiro atoms. The van der Waals surface area contributed by atoms with Crippen LogP contribution in [-0.2, 0) is 6.54 Å². The number of hydrogen-bond donors (Lipinski definition) is 1. The smallest absolute Gasteiger partial charge is 0.329 e. The van der Waals surface area contributed by atoms with Crippen molar-refractivity contribution < 1.29 is 13.2 Å². The highest BCUT2D eigenvalue weighted by Gasteiger charge is 2.46. The van der Waals surface area contributed by atoms with E-state index in [9.17, 15) is 13.2 Å². The van der Waals surface area contributed by atoms with Gasteiger partial charge in [0.05, 0.1) is 5.92 Å². The summed E-state index contributed by atoms with van der Waals surface area (Å²) < 4.78 is 38.3. The molecule has 0 aliphatic heterocycles. The number of halogens is 3. The number of hydrogen-bond acceptors (Lipinski definition) is 3. The molecular formula is C14H21F3N2S. The Morgan fingerprint density at radius 2 is 2.05 bits per heavy atom. The van der Waals surface area contributed by atoms with Crippen LogP contribution in [0.3, 0.4) is 0 Å². The third-order valence-electron chi connectivity index (χ3n) is 4.57. The Hall–Kier alpha value is -0.590. The van der Waals surface area contributed by atoms with Crippen LogP contribution in [0.4, 0.5) is 13.2 Å². The first-order valence-corrected chi connectivity index (χ1v) is 7.81. The first kappa shape index (κ1) is 15.8. The molecule has 0 aromatic carbocycles. The normalized spacial score (nSPS) is 28.0. The lowest BCUT2D eigenvalue weighted by molar-refractivity contribution is -0.188. The molecule has 0 radical (unpaired) electrons. The molecule has 1 aliphatic carbocycles. The van der Waals surface area contributed by atoms with E-state index in [2.05, 4.69) is 10.3 Å². The van der Waals surface area contributed by atoms with Gasteiger partial charge in [-0.2, -0.15) is 24.5 Å². The van der Waals surface area contributed by atoms with Crippen LogP contribution in [0.15, 0.2) is 16.8 Å². The van der Waals surface area contributed by atoms with Crippen LogP contribution in [0.5, 0.6) is 0 Å². The van der Waals surface area contributed by atoms with E-state index in [-0.39, 0.29) is 18.4 Å². The average molecular weight is 306 g/mol. The second kappa shape index (κ2) is 6.03. The fourth-order valence-electron chi connectivity index (χ4n) is 3.05. The zero-order valence-electron chi connectivity index (χ0n) is 11.6. The molecular weight excluding hydrogens is 285 g/mol. The average Bonchev–Trinajstić information content (AvgIpc) is 2.90. The quantitative estimate of drug-likeness (QED) is 0.920. The maximum absolute atomic E-state index is 12.8. The molecule has 1 aromatic heterocycles. The number of nitrogens with two attached hydrogens (primary N) is 1. The Morgan fingerprint density at radius 1 is 1.40 bits per heavy atom. The third-order valence-corrected chi connectivity index (χ3v) is 5.30. The standard InChI is InChI=1S/C14H21F3N2S/c1-19(8-11-4-7-20-9-11)13(10-18)5-2-12(3-6-13)14(15,16)17/h4,7,9,12H,2-3,5-6,8,10,18H2,1H3. The van der Waals surface area contributed by atoms with Gasteiger partial charge in [0.15, 0.2) is 0 Å². The summed E-state index contributed by atoms with van der Waals surface area (Å²) in [6, 6.07) is 2.05. The van der Waals surface area contributed by atoms with E-state index in [1.54, 1.807) is 11.3 Å². The van der Waals surface area contributed by atoms with E-state index in [0.29, 0.717) is 19.4 Å². The Labute approximate surface area is 121 Å². The van der Waals surface area contributed by atoms with E-state index >= 15 is 0 Å². The van der Waals surface area contributed by atoms with Gasteiger partial charge >= 0.3 is 6.18 Å². The second-order valence-corrected chi connectivity index (χ2v) is 6.51. The second-order valence-electron chi connectivity index (χ2n) is 5.73.